The first-order valence-electron chi connectivity index (χ1n) is 11.3. The number of hydrogen-bond donors (Lipinski definition) is 2. The van der Waals surface area contributed by atoms with Crippen LogP contribution in [0.25, 0.3) is 11.3 Å². The molecule has 0 aliphatic heterocycles. The molecule has 2 N–H and O–H groups in total. The van der Waals surface area contributed by atoms with Crippen molar-refractivity contribution in [3.05, 3.63) is 89.7 Å². The quantitative estimate of drug-likeness (QED) is 0.280. The van der Waals surface area contributed by atoms with Gasteiger partial charge in [-0.15, -0.1) is 0 Å². The van der Waals surface area contributed by atoms with Crippen molar-refractivity contribution >= 4 is 29.0 Å². The molecule has 0 aliphatic rings. The van der Waals surface area contributed by atoms with E-state index in [1.54, 1.807) is 30.6 Å². The smallest absolute Gasteiger partial charge is 0.248 e. The Bertz CT molecular complexity index is 1380. The molecule has 0 saturated heterocycles. The number of nitrogens with zero attached hydrogens (tertiary/aromatic N) is 5. The van der Waals surface area contributed by atoms with Gasteiger partial charge in [-0.1, -0.05) is 29.4 Å². The van der Waals surface area contributed by atoms with Crippen molar-refractivity contribution in [3.63, 3.8) is 0 Å². The Labute approximate surface area is 219 Å². The van der Waals surface area contributed by atoms with Crippen LogP contribution in [0.5, 0.6) is 5.75 Å². The Morgan fingerprint density at radius 2 is 2.03 bits per heavy atom. The maximum Gasteiger partial charge on any atom is 0.248 e. The minimum absolute atomic E-state index is 0.195. The first-order chi connectivity index (χ1) is 17.9. The summed E-state index contributed by atoms with van der Waals surface area (Å²) in [6, 6.07) is 12.7. The molecule has 0 aliphatic carbocycles. The van der Waals surface area contributed by atoms with Crippen molar-refractivity contribution in [3.8, 4) is 17.1 Å². The topological polar surface area (TPSA) is 118 Å². The van der Waals surface area contributed by atoms with E-state index in [4.69, 9.17) is 20.9 Å². The van der Waals surface area contributed by atoms with Gasteiger partial charge in [0.25, 0.3) is 0 Å². The molecule has 0 radical (unpaired) electrons. The van der Waals surface area contributed by atoms with Crippen LogP contribution >= 0.6 is 11.6 Å². The van der Waals surface area contributed by atoms with E-state index in [1.807, 2.05) is 43.3 Å². The van der Waals surface area contributed by atoms with E-state index >= 15 is 0 Å². The van der Waals surface area contributed by atoms with Gasteiger partial charge >= 0.3 is 0 Å². The fourth-order valence-corrected chi connectivity index (χ4v) is 3.58. The number of halogens is 1. The highest BCUT2D eigenvalue weighted by molar-refractivity contribution is 6.32. The van der Waals surface area contributed by atoms with Crippen molar-refractivity contribution < 1.29 is 14.1 Å². The molecule has 3 aromatic heterocycles. The Balaban J connectivity index is 1.41. The summed E-state index contributed by atoms with van der Waals surface area (Å²) in [6.07, 6.45) is 4.75. The number of hydrogen-bond acceptors (Lipinski definition) is 9. The minimum atomic E-state index is -0.243. The summed E-state index contributed by atoms with van der Waals surface area (Å²) in [5.41, 5.74) is 3.10. The molecule has 4 aromatic rings. The number of carbonyl (C=O) groups excluding carboxylic acids is 1. The van der Waals surface area contributed by atoms with Crippen LogP contribution in [-0.2, 0) is 17.9 Å². The van der Waals surface area contributed by atoms with Crippen LogP contribution in [0.3, 0.4) is 0 Å². The molecular weight excluding hydrogens is 494 g/mol. The first-order valence-corrected chi connectivity index (χ1v) is 11.7. The lowest BCUT2D eigenvalue weighted by molar-refractivity contribution is -0.117. The third kappa shape index (κ3) is 7.12. The number of ether oxygens (including phenoxy) is 1. The van der Waals surface area contributed by atoms with E-state index in [2.05, 4.69) is 37.3 Å². The van der Waals surface area contributed by atoms with Crippen LogP contribution in [0.2, 0.25) is 5.02 Å². The molecule has 0 unspecified atom stereocenters. The van der Waals surface area contributed by atoms with Gasteiger partial charge in [0.1, 0.15) is 30.2 Å². The average Bonchev–Trinajstić information content (AvgIpc) is 3.36. The molecule has 37 heavy (non-hydrogen) atoms. The van der Waals surface area contributed by atoms with E-state index in [0.29, 0.717) is 58.0 Å². The van der Waals surface area contributed by atoms with Gasteiger partial charge in [0, 0.05) is 36.3 Å². The molecule has 3 heterocycles. The highest BCUT2D eigenvalue weighted by atomic mass is 35.5. The number of amides is 1. The van der Waals surface area contributed by atoms with Gasteiger partial charge in [0.15, 0.2) is 5.76 Å². The van der Waals surface area contributed by atoms with Gasteiger partial charge in [-0.3, -0.25) is 9.78 Å². The molecule has 4 rings (SSSR count). The molecular formula is C26H26ClN7O3. The standard InChI is InChI=1S/C26H26ClN7O3/c1-17(14-34(2)3)26(35)30-12-20-11-24(37-33-20)21-13-28-16-31-25(21)32-18-7-8-23(22(27)10-18)36-15-19-6-4-5-9-29-19/h4-11,13,16H,1,12,14-15H2,2-3H3,(H,30,35)(H,28,31,32). The van der Waals surface area contributed by atoms with Gasteiger partial charge in [0.2, 0.25) is 5.91 Å². The zero-order valence-electron chi connectivity index (χ0n) is 20.4. The highest BCUT2D eigenvalue weighted by Gasteiger charge is 2.15. The van der Waals surface area contributed by atoms with Gasteiger partial charge in [-0.25, -0.2) is 9.97 Å². The molecule has 1 amide bonds. The van der Waals surface area contributed by atoms with Crippen molar-refractivity contribution in [1.29, 1.82) is 0 Å². The van der Waals surface area contributed by atoms with Crippen molar-refractivity contribution in [2.24, 2.45) is 0 Å². The predicted octanol–water partition coefficient (Wildman–Crippen LogP) is 4.24. The maximum atomic E-state index is 12.2. The van der Waals surface area contributed by atoms with Crippen LogP contribution in [0.15, 0.2) is 77.9 Å². The number of pyridine rings is 1. The molecule has 190 valence electrons. The van der Waals surface area contributed by atoms with E-state index in [-0.39, 0.29) is 12.5 Å². The van der Waals surface area contributed by atoms with Gasteiger partial charge < -0.3 is 24.8 Å². The van der Waals surface area contributed by atoms with Crippen LogP contribution < -0.4 is 15.4 Å². The summed E-state index contributed by atoms with van der Waals surface area (Å²) in [7, 11) is 3.74. The van der Waals surface area contributed by atoms with E-state index < -0.39 is 0 Å². The maximum absolute atomic E-state index is 12.2. The Morgan fingerprint density at radius 1 is 1.16 bits per heavy atom. The normalized spacial score (nSPS) is 10.8. The minimum Gasteiger partial charge on any atom is -0.486 e. The fourth-order valence-electron chi connectivity index (χ4n) is 3.35. The van der Waals surface area contributed by atoms with Gasteiger partial charge in [-0.2, -0.15) is 0 Å². The molecule has 0 atom stereocenters. The third-order valence-corrected chi connectivity index (χ3v) is 5.39. The van der Waals surface area contributed by atoms with Crippen molar-refractivity contribution in [2.75, 3.05) is 26.0 Å². The highest BCUT2D eigenvalue weighted by Crippen LogP contribution is 2.32. The lowest BCUT2D eigenvalue weighted by atomic mass is 10.2. The number of aromatic nitrogens is 4. The second kappa shape index (κ2) is 12.1. The molecule has 10 nitrogen and oxygen atoms in total. The van der Waals surface area contributed by atoms with Crippen LogP contribution in [0.1, 0.15) is 11.4 Å². The largest absolute Gasteiger partial charge is 0.486 e. The summed E-state index contributed by atoms with van der Waals surface area (Å²) in [5, 5.41) is 10.5. The van der Waals surface area contributed by atoms with Gasteiger partial charge in [0.05, 0.1) is 22.8 Å². The third-order valence-electron chi connectivity index (χ3n) is 5.09. The first kappa shape index (κ1) is 25.8. The molecule has 11 heteroatoms. The fraction of sp³-hybridized carbons (Fsp3) is 0.192. The van der Waals surface area contributed by atoms with E-state index in [0.717, 1.165) is 5.69 Å². The summed E-state index contributed by atoms with van der Waals surface area (Å²) in [5.74, 6) is 1.24. The second-order valence-electron chi connectivity index (χ2n) is 8.37. The zero-order valence-corrected chi connectivity index (χ0v) is 21.2. The second-order valence-corrected chi connectivity index (χ2v) is 8.78. The lowest BCUT2D eigenvalue weighted by Crippen LogP contribution is -2.29. The van der Waals surface area contributed by atoms with E-state index in [9.17, 15) is 4.79 Å². The zero-order chi connectivity index (χ0) is 26.2. The number of nitrogens with one attached hydrogen (secondary N) is 2. The molecule has 0 bridgehead atoms. The monoisotopic (exact) mass is 519 g/mol. The van der Waals surface area contributed by atoms with Crippen LogP contribution in [0.4, 0.5) is 11.5 Å². The predicted molar refractivity (Wildman–Crippen MR) is 140 cm³/mol. The lowest BCUT2D eigenvalue weighted by Gasteiger charge is -2.12. The summed E-state index contributed by atoms with van der Waals surface area (Å²) >= 11 is 6.44. The SMILES string of the molecule is C=C(CN(C)C)C(=O)NCc1cc(-c2cncnc2Nc2ccc(OCc3ccccn3)c(Cl)c2)on1. The number of rotatable bonds is 11. The number of anilines is 2. The van der Waals surface area contributed by atoms with Gasteiger partial charge in [-0.05, 0) is 44.4 Å². The summed E-state index contributed by atoms with van der Waals surface area (Å²) in [4.78, 5) is 26.8. The number of likely N-dealkylation sites (N-methyl/N-ethyl adjacent to an activating group) is 1. The Morgan fingerprint density at radius 3 is 2.78 bits per heavy atom. The number of benzene rings is 1. The number of carbonyl (C=O) groups is 1. The van der Waals surface area contributed by atoms with Crippen LogP contribution in [0, 0.1) is 0 Å². The Kier molecular flexibility index (Phi) is 8.44. The Hall–Kier alpha value is -4.28. The van der Waals surface area contributed by atoms with Crippen molar-refractivity contribution in [2.45, 2.75) is 13.2 Å². The molecule has 0 spiro atoms. The van der Waals surface area contributed by atoms with Crippen molar-refractivity contribution in [1.82, 2.24) is 30.3 Å². The van der Waals surface area contributed by atoms with Crippen LogP contribution in [-0.4, -0.2) is 51.6 Å². The molecule has 1 aromatic carbocycles. The summed E-state index contributed by atoms with van der Waals surface area (Å²) < 4.78 is 11.3. The van der Waals surface area contributed by atoms with E-state index in [1.165, 1.54) is 6.33 Å². The molecule has 0 saturated carbocycles. The summed E-state index contributed by atoms with van der Waals surface area (Å²) in [6.45, 7) is 4.77. The average molecular weight is 520 g/mol. The molecule has 0 fully saturated rings.